The fraction of sp³-hybridized carbons (Fsp3) is 0.591. The first-order valence-electron chi connectivity index (χ1n) is 10.5. The Kier molecular flexibility index (Phi) is 6.90. The molecule has 168 valence electrons. The van der Waals surface area contributed by atoms with Gasteiger partial charge in [0, 0.05) is 38.8 Å². The lowest BCUT2D eigenvalue weighted by Gasteiger charge is -2.41. The number of hydrogen-bond acceptors (Lipinski definition) is 4. The van der Waals surface area contributed by atoms with Gasteiger partial charge in [-0.15, -0.1) is 0 Å². The van der Waals surface area contributed by atoms with Gasteiger partial charge >= 0.3 is 6.18 Å². The molecule has 1 saturated carbocycles. The topological polar surface area (TPSA) is 67.7 Å². The van der Waals surface area contributed by atoms with Crippen molar-refractivity contribution in [1.29, 1.82) is 5.26 Å². The van der Waals surface area contributed by atoms with Crippen molar-refractivity contribution in [3.05, 3.63) is 35.4 Å². The maximum Gasteiger partial charge on any atom is 0.416 e. The minimum atomic E-state index is -4.44. The van der Waals surface area contributed by atoms with E-state index in [1.807, 2.05) is 4.90 Å². The van der Waals surface area contributed by atoms with Gasteiger partial charge in [-0.1, -0.05) is 19.3 Å². The van der Waals surface area contributed by atoms with E-state index in [1.54, 1.807) is 16.8 Å². The molecule has 9 heteroatoms. The predicted octanol–water partition coefficient (Wildman–Crippen LogP) is 3.15. The van der Waals surface area contributed by atoms with Gasteiger partial charge in [0.15, 0.2) is 0 Å². The predicted molar refractivity (Wildman–Crippen MR) is 108 cm³/mol. The van der Waals surface area contributed by atoms with Crippen molar-refractivity contribution in [2.75, 3.05) is 39.8 Å². The molecule has 1 aromatic rings. The molecule has 1 saturated heterocycles. The highest BCUT2D eigenvalue weighted by Crippen LogP contribution is 2.32. The van der Waals surface area contributed by atoms with Gasteiger partial charge in [-0.3, -0.25) is 14.5 Å². The molecule has 1 aliphatic carbocycles. The van der Waals surface area contributed by atoms with E-state index in [1.165, 1.54) is 12.1 Å². The lowest BCUT2D eigenvalue weighted by molar-refractivity contribution is -0.138. The molecule has 0 aromatic heterocycles. The van der Waals surface area contributed by atoms with Crippen LogP contribution in [0.25, 0.3) is 0 Å². The molecule has 2 fully saturated rings. The van der Waals surface area contributed by atoms with Crippen molar-refractivity contribution in [3.63, 3.8) is 0 Å². The summed E-state index contributed by atoms with van der Waals surface area (Å²) in [4.78, 5) is 30.5. The summed E-state index contributed by atoms with van der Waals surface area (Å²) in [5.41, 5.74) is -1.30. The number of carbonyl (C=O) groups is 2. The maximum atomic E-state index is 12.8. The second kappa shape index (κ2) is 9.27. The standard InChI is InChI=1S/C22H27F3N4O2/c1-27(21(16-26)9-3-2-4-10-21)19(30)15-28-11-13-29(14-12-28)20(31)17-5-7-18(8-6-17)22(23,24)25/h5-8H,2-4,9-15H2,1H3. The van der Waals surface area contributed by atoms with Gasteiger partial charge in [-0.25, -0.2) is 0 Å². The number of likely N-dealkylation sites (N-methyl/N-ethyl adjacent to an activating group) is 1. The smallest absolute Gasteiger partial charge is 0.336 e. The third-order valence-corrected chi connectivity index (χ3v) is 6.38. The number of piperazine rings is 1. The first-order valence-corrected chi connectivity index (χ1v) is 10.5. The number of hydrogen-bond donors (Lipinski definition) is 0. The van der Waals surface area contributed by atoms with Crippen molar-refractivity contribution in [3.8, 4) is 6.07 Å². The molecular weight excluding hydrogens is 409 g/mol. The summed E-state index contributed by atoms with van der Waals surface area (Å²) < 4.78 is 38.1. The number of halogens is 3. The Morgan fingerprint density at radius 2 is 1.65 bits per heavy atom. The fourth-order valence-electron chi connectivity index (χ4n) is 4.29. The molecule has 1 aliphatic heterocycles. The van der Waals surface area contributed by atoms with Gasteiger partial charge in [0.1, 0.15) is 5.54 Å². The number of nitrogens with zero attached hydrogens (tertiary/aromatic N) is 4. The molecule has 2 amide bonds. The number of rotatable bonds is 4. The lowest BCUT2D eigenvalue weighted by Crippen LogP contribution is -2.55. The average Bonchev–Trinajstić information content (AvgIpc) is 2.78. The van der Waals surface area contributed by atoms with Crippen LogP contribution in [0.2, 0.25) is 0 Å². The summed E-state index contributed by atoms with van der Waals surface area (Å²) in [5, 5.41) is 9.67. The fourth-order valence-corrected chi connectivity index (χ4v) is 4.29. The quantitative estimate of drug-likeness (QED) is 0.727. The minimum absolute atomic E-state index is 0.106. The van der Waals surface area contributed by atoms with Crippen LogP contribution in [0.3, 0.4) is 0 Å². The van der Waals surface area contributed by atoms with Gasteiger partial charge in [0.25, 0.3) is 5.91 Å². The SMILES string of the molecule is CN(C(=O)CN1CCN(C(=O)c2ccc(C(F)(F)F)cc2)CC1)C1(C#N)CCCCC1. The molecule has 0 atom stereocenters. The Bertz CT molecular complexity index is 834. The molecule has 0 bridgehead atoms. The Balaban J connectivity index is 1.53. The van der Waals surface area contributed by atoms with Crippen LogP contribution in [0.4, 0.5) is 13.2 Å². The Hall–Kier alpha value is -2.60. The highest BCUT2D eigenvalue weighted by atomic mass is 19.4. The zero-order chi connectivity index (χ0) is 22.6. The number of benzene rings is 1. The second-order valence-corrected chi connectivity index (χ2v) is 8.30. The molecule has 6 nitrogen and oxygen atoms in total. The third kappa shape index (κ3) is 5.18. The Morgan fingerprint density at radius 3 is 2.16 bits per heavy atom. The molecule has 2 aliphatic rings. The van der Waals surface area contributed by atoms with Crippen molar-refractivity contribution in [1.82, 2.24) is 14.7 Å². The molecule has 0 spiro atoms. The Labute approximate surface area is 180 Å². The highest BCUT2D eigenvalue weighted by Gasteiger charge is 2.39. The minimum Gasteiger partial charge on any atom is -0.336 e. The first kappa shape index (κ1) is 23.1. The van der Waals surface area contributed by atoms with Crippen LogP contribution in [0.15, 0.2) is 24.3 Å². The molecule has 3 rings (SSSR count). The normalized spacial score (nSPS) is 19.5. The van der Waals surface area contributed by atoms with Crippen molar-refractivity contribution < 1.29 is 22.8 Å². The highest BCUT2D eigenvalue weighted by molar-refractivity contribution is 5.94. The lowest BCUT2D eigenvalue weighted by atomic mass is 9.81. The summed E-state index contributed by atoms with van der Waals surface area (Å²) in [7, 11) is 1.70. The van der Waals surface area contributed by atoms with E-state index in [0.29, 0.717) is 39.0 Å². The average molecular weight is 436 g/mol. The number of alkyl halides is 3. The van der Waals surface area contributed by atoms with Crippen LogP contribution >= 0.6 is 0 Å². The summed E-state index contributed by atoms with van der Waals surface area (Å²) in [6.45, 7) is 1.94. The summed E-state index contributed by atoms with van der Waals surface area (Å²) in [5.74, 6) is -0.423. The molecule has 0 unspecified atom stereocenters. The zero-order valence-electron chi connectivity index (χ0n) is 17.6. The summed E-state index contributed by atoms with van der Waals surface area (Å²) >= 11 is 0. The first-order chi connectivity index (χ1) is 14.7. The van der Waals surface area contributed by atoms with E-state index in [-0.39, 0.29) is 23.9 Å². The monoisotopic (exact) mass is 436 g/mol. The molecular formula is C22H27F3N4O2. The second-order valence-electron chi connectivity index (χ2n) is 8.30. The van der Waals surface area contributed by atoms with E-state index < -0.39 is 17.3 Å². The van der Waals surface area contributed by atoms with E-state index in [4.69, 9.17) is 0 Å². The zero-order valence-corrected chi connectivity index (χ0v) is 17.6. The van der Waals surface area contributed by atoms with Crippen LogP contribution in [-0.4, -0.2) is 71.8 Å². The van der Waals surface area contributed by atoms with Crippen molar-refractivity contribution >= 4 is 11.8 Å². The van der Waals surface area contributed by atoms with Gasteiger partial charge in [0.2, 0.25) is 5.91 Å². The molecule has 0 radical (unpaired) electrons. The number of amides is 2. The van der Waals surface area contributed by atoms with E-state index in [2.05, 4.69) is 6.07 Å². The van der Waals surface area contributed by atoms with Crippen LogP contribution < -0.4 is 0 Å². The van der Waals surface area contributed by atoms with E-state index in [0.717, 1.165) is 31.4 Å². The number of carbonyl (C=O) groups excluding carboxylic acids is 2. The van der Waals surface area contributed by atoms with Crippen LogP contribution in [0.1, 0.15) is 48.0 Å². The summed E-state index contributed by atoms with van der Waals surface area (Å²) in [6, 6.07) is 6.57. The van der Waals surface area contributed by atoms with Gasteiger partial charge in [-0.05, 0) is 37.1 Å². The third-order valence-electron chi connectivity index (χ3n) is 6.38. The molecule has 31 heavy (non-hydrogen) atoms. The molecule has 1 heterocycles. The van der Waals surface area contributed by atoms with Gasteiger partial charge in [0.05, 0.1) is 18.2 Å². The Morgan fingerprint density at radius 1 is 1.06 bits per heavy atom. The summed E-state index contributed by atoms with van der Waals surface area (Å²) in [6.07, 6.45) is -0.0802. The van der Waals surface area contributed by atoms with E-state index in [9.17, 15) is 28.0 Å². The van der Waals surface area contributed by atoms with Gasteiger partial charge < -0.3 is 9.80 Å². The van der Waals surface area contributed by atoms with Crippen LogP contribution in [0, 0.1) is 11.3 Å². The van der Waals surface area contributed by atoms with Gasteiger partial charge in [-0.2, -0.15) is 18.4 Å². The van der Waals surface area contributed by atoms with Crippen LogP contribution in [-0.2, 0) is 11.0 Å². The number of nitriles is 1. The largest absolute Gasteiger partial charge is 0.416 e. The van der Waals surface area contributed by atoms with E-state index >= 15 is 0 Å². The maximum absolute atomic E-state index is 12.8. The van der Waals surface area contributed by atoms with Crippen LogP contribution in [0.5, 0.6) is 0 Å². The molecule has 0 N–H and O–H groups in total. The molecule has 1 aromatic carbocycles. The van der Waals surface area contributed by atoms with Crippen molar-refractivity contribution in [2.24, 2.45) is 0 Å². The van der Waals surface area contributed by atoms with Crippen molar-refractivity contribution in [2.45, 2.75) is 43.8 Å².